The Bertz CT molecular complexity index is 317. The molecular formula is C9H10N2O3. The molecule has 0 aliphatic rings. The van der Waals surface area contributed by atoms with Gasteiger partial charge in [0.05, 0.1) is 18.5 Å². The zero-order chi connectivity index (χ0) is 10.2. The molecule has 0 fully saturated rings. The van der Waals surface area contributed by atoms with E-state index in [0.29, 0.717) is 24.8 Å². The lowest BCUT2D eigenvalue weighted by molar-refractivity contribution is 0.144. The van der Waals surface area contributed by atoms with Gasteiger partial charge in [-0.15, -0.1) is 0 Å². The summed E-state index contributed by atoms with van der Waals surface area (Å²) in [5.74, 6) is 0.479. The highest BCUT2D eigenvalue weighted by atomic mass is 16.5. The maximum absolute atomic E-state index is 9.90. The molecule has 0 radical (unpaired) electrons. The number of aliphatic imine (C=N–C) groups is 1. The van der Waals surface area contributed by atoms with Gasteiger partial charge in [0.2, 0.25) is 12.0 Å². The van der Waals surface area contributed by atoms with E-state index >= 15 is 0 Å². The largest absolute Gasteiger partial charge is 0.475 e. The van der Waals surface area contributed by atoms with Crippen LogP contribution >= 0.6 is 0 Å². The molecule has 5 nitrogen and oxygen atoms in total. The second-order valence-electron chi connectivity index (χ2n) is 2.40. The Morgan fingerprint density at radius 1 is 1.50 bits per heavy atom. The van der Waals surface area contributed by atoms with E-state index in [0.717, 1.165) is 0 Å². The number of hydrogen-bond donors (Lipinski definition) is 0. The van der Waals surface area contributed by atoms with Gasteiger partial charge in [-0.2, -0.15) is 4.99 Å². The highest BCUT2D eigenvalue weighted by molar-refractivity contribution is 5.47. The van der Waals surface area contributed by atoms with E-state index < -0.39 is 0 Å². The van der Waals surface area contributed by atoms with Gasteiger partial charge < -0.3 is 9.47 Å². The first-order valence-corrected chi connectivity index (χ1v) is 4.02. The number of ether oxygens (including phenoxy) is 2. The minimum Gasteiger partial charge on any atom is -0.475 e. The standard InChI is InChI=1S/C9H10N2O3/c1-13-4-5-14-9-3-2-8(6-10-9)11-7-12/h2-3,6H,4-5H2,1H3. The van der Waals surface area contributed by atoms with E-state index in [2.05, 4.69) is 9.98 Å². The summed E-state index contributed by atoms with van der Waals surface area (Å²) < 4.78 is 10.0. The van der Waals surface area contributed by atoms with Crippen molar-refractivity contribution in [3.05, 3.63) is 18.3 Å². The minimum atomic E-state index is 0.444. The second kappa shape index (κ2) is 5.85. The van der Waals surface area contributed by atoms with Crippen LogP contribution < -0.4 is 4.74 Å². The molecule has 0 amide bonds. The summed E-state index contributed by atoms with van der Waals surface area (Å²) in [5, 5.41) is 0. The van der Waals surface area contributed by atoms with Crippen LogP contribution in [0, 0.1) is 0 Å². The molecule has 74 valence electrons. The van der Waals surface area contributed by atoms with E-state index in [-0.39, 0.29) is 0 Å². The number of aromatic nitrogens is 1. The van der Waals surface area contributed by atoms with Gasteiger partial charge in [0.1, 0.15) is 6.61 Å². The predicted molar refractivity (Wildman–Crippen MR) is 49.4 cm³/mol. The fourth-order valence-corrected chi connectivity index (χ4v) is 0.806. The van der Waals surface area contributed by atoms with E-state index in [1.54, 1.807) is 19.2 Å². The summed E-state index contributed by atoms with van der Waals surface area (Å²) in [4.78, 5) is 17.2. The molecule has 0 atom stereocenters. The van der Waals surface area contributed by atoms with Crippen molar-refractivity contribution in [2.45, 2.75) is 0 Å². The summed E-state index contributed by atoms with van der Waals surface area (Å²) in [7, 11) is 1.60. The summed E-state index contributed by atoms with van der Waals surface area (Å²) in [6.07, 6.45) is 2.87. The Balaban J connectivity index is 2.50. The first-order chi connectivity index (χ1) is 6.86. The van der Waals surface area contributed by atoms with Crippen LogP contribution in [0.15, 0.2) is 23.3 Å². The summed E-state index contributed by atoms with van der Waals surface area (Å²) >= 11 is 0. The van der Waals surface area contributed by atoms with Crippen molar-refractivity contribution < 1.29 is 14.3 Å². The lowest BCUT2D eigenvalue weighted by Gasteiger charge is -2.03. The van der Waals surface area contributed by atoms with Crippen LogP contribution in [0.1, 0.15) is 0 Å². The van der Waals surface area contributed by atoms with Crippen LogP contribution in [0.4, 0.5) is 5.69 Å². The molecule has 1 aromatic rings. The van der Waals surface area contributed by atoms with Crippen LogP contribution in [0.2, 0.25) is 0 Å². The molecule has 0 aliphatic heterocycles. The molecule has 0 N–H and O–H groups in total. The molecule has 1 rings (SSSR count). The Kier molecular flexibility index (Phi) is 4.34. The molecule has 0 saturated heterocycles. The smallest absolute Gasteiger partial charge is 0.240 e. The molecule has 1 aromatic heterocycles. The normalized spacial score (nSPS) is 9.21. The number of rotatable bonds is 5. The maximum Gasteiger partial charge on any atom is 0.240 e. The lowest BCUT2D eigenvalue weighted by Crippen LogP contribution is -2.04. The maximum atomic E-state index is 9.90. The van der Waals surface area contributed by atoms with Gasteiger partial charge in [-0.3, -0.25) is 0 Å². The quantitative estimate of drug-likeness (QED) is 0.399. The number of nitrogens with zero attached hydrogens (tertiary/aromatic N) is 2. The highest BCUT2D eigenvalue weighted by Crippen LogP contribution is 2.13. The van der Waals surface area contributed by atoms with Crippen molar-refractivity contribution in [3.63, 3.8) is 0 Å². The molecule has 0 spiro atoms. The molecule has 0 aromatic carbocycles. The average molecular weight is 194 g/mol. The molecule has 5 heteroatoms. The predicted octanol–water partition coefficient (Wildman–Crippen LogP) is 1.07. The van der Waals surface area contributed by atoms with E-state index in [9.17, 15) is 4.79 Å². The number of methoxy groups -OCH3 is 1. The van der Waals surface area contributed by atoms with Gasteiger partial charge in [0.15, 0.2) is 0 Å². The Morgan fingerprint density at radius 2 is 2.36 bits per heavy atom. The second-order valence-corrected chi connectivity index (χ2v) is 2.40. The van der Waals surface area contributed by atoms with Gasteiger partial charge in [0, 0.05) is 13.2 Å². The van der Waals surface area contributed by atoms with Gasteiger partial charge in [0.25, 0.3) is 0 Å². The third kappa shape index (κ3) is 3.35. The van der Waals surface area contributed by atoms with Crippen LogP contribution in [0.25, 0.3) is 0 Å². The molecule has 0 bridgehead atoms. The minimum absolute atomic E-state index is 0.444. The van der Waals surface area contributed by atoms with Crippen LogP contribution in [-0.4, -0.2) is 31.4 Å². The third-order valence-electron chi connectivity index (χ3n) is 1.43. The van der Waals surface area contributed by atoms with Crippen LogP contribution in [0.5, 0.6) is 5.88 Å². The Morgan fingerprint density at radius 3 is 2.93 bits per heavy atom. The summed E-state index contributed by atoms with van der Waals surface area (Å²) in [6.45, 7) is 0.954. The molecule has 0 saturated carbocycles. The first-order valence-electron chi connectivity index (χ1n) is 4.02. The zero-order valence-corrected chi connectivity index (χ0v) is 7.77. The topological polar surface area (TPSA) is 60.8 Å². The number of isocyanates is 1. The monoisotopic (exact) mass is 194 g/mol. The Labute approximate surface area is 81.4 Å². The van der Waals surface area contributed by atoms with Gasteiger partial charge >= 0.3 is 0 Å². The van der Waals surface area contributed by atoms with Crippen LogP contribution in [-0.2, 0) is 9.53 Å². The van der Waals surface area contributed by atoms with Crippen molar-refractivity contribution in [1.82, 2.24) is 4.98 Å². The highest BCUT2D eigenvalue weighted by Gasteiger charge is 1.95. The summed E-state index contributed by atoms with van der Waals surface area (Å²) in [5.41, 5.74) is 0.457. The SMILES string of the molecule is COCCOc1ccc(N=C=O)cn1. The molecule has 0 unspecified atom stereocenters. The van der Waals surface area contributed by atoms with Crippen LogP contribution in [0.3, 0.4) is 0 Å². The van der Waals surface area contributed by atoms with Crippen molar-refractivity contribution in [2.24, 2.45) is 4.99 Å². The van der Waals surface area contributed by atoms with Gasteiger partial charge in [-0.1, -0.05) is 0 Å². The van der Waals surface area contributed by atoms with Crippen molar-refractivity contribution in [2.75, 3.05) is 20.3 Å². The first kappa shape index (κ1) is 10.4. The van der Waals surface area contributed by atoms with Crippen molar-refractivity contribution >= 4 is 11.8 Å². The zero-order valence-electron chi connectivity index (χ0n) is 7.77. The lowest BCUT2D eigenvalue weighted by atomic mass is 10.4. The Hall–Kier alpha value is -1.71. The van der Waals surface area contributed by atoms with E-state index in [1.165, 1.54) is 12.3 Å². The third-order valence-corrected chi connectivity index (χ3v) is 1.43. The van der Waals surface area contributed by atoms with Crippen molar-refractivity contribution in [1.29, 1.82) is 0 Å². The number of pyridine rings is 1. The van der Waals surface area contributed by atoms with E-state index in [1.807, 2.05) is 0 Å². The molecule has 14 heavy (non-hydrogen) atoms. The molecule has 1 heterocycles. The molecular weight excluding hydrogens is 184 g/mol. The van der Waals surface area contributed by atoms with E-state index in [4.69, 9.17) is 9.47 Å². The fourth-order valence-electron chi connectivity index (χ4n) is 0.806. The number of hydrogen-bond acceptors (Lipinski definition) is 5. The van der Waals surface area contributed by atoms with Gasteiger partial charge in [-0.05, 0) is 6.07 Å². The molecule has 0 aliphatic carbocycles. The fraction of sp³-hybridized carbons (Fsp3) is 0.333. The summed E-state index contributed by atoms with van der Waals surface area (Å²) in [6, 6.07) is 3.26. The number of carbonyl (C=O) groups excluding carboxylic acids is 1. The average Bonchev–Trinajstić information content (AvgIpc) is 2.21. The van der Waals surface area contributed by atoms with Crippen molar-refractivity contribution in [3.8, 4) is 5.88 Å². The van der Waals surface area contributed by atoms with Gasteiger partial charge in [-0.25, -0.2) is 9.78 Å².